The molecular weight excluding hydrogens is 250 g/mol. The molecule has 1 rings (SSSR count). The summed E-state index contributed by atoms with van der Waals surface area (Å²) in [4.78, 5) is 0. The van der Waals surface area contributed by atoms with Crippen molar-refractivity contribution in [2.75, 3.05) is 26.8 Å². The lowest BCUT2D eigenvalue weighted by molar-refractivity contribution is 0.0302. The predicted molar refractivity (Wildman–Crippen MR) is 84.3 cm³/mol. The number of benzene rings is 1. The van der Waals surface area contributed by atoms with Crippen molar-refractivity contribution < 1.29 is 9.47 Å². The summed E-state index contributed by atoms with van der Waals surface area (Å²) in [5.41, 5.74) is 1.20. The third-order valence-electron chi connectivity index (χ3n) is 3.43. The summed E-state index contributed by atoms with van der Waals surface area (Å²) in [6.45, 7) is 9.21. The Morgan fingerprint density at radius 3 is 2.40 bits per heavy atom. The van der Waals surface area contributed by atoms with E-state index in [2.05, 4.69) is 38.2 Å². The van der Waals surface area contributed by atoms with E-state index in [-0.39, 0.29) is 6.10 Å². The fourth-order valence-corrected chi connectivity index (χ4v) is 2.22. The first-order valence-electron chi connectivity index (χ1n) is 7.67. The molecule has 0 heterocycles. The van der Waals surface area contributed by atoms with Crippen molar-refractivity contribution in [3.8, 4) is 5.75 Å². The number of ether oxygens (including phenoxy) is 2. The predicted octanol–water partition coefficient (Wildman–Crippen LogP) is 3.80. The van der Waals surface area contributed by atoms with E-state index in [4.69, 9.17) is 9.47 Å². The zero-order valence-electron chi connectivity index (χ0n) is 13.3. The van der Waals surface area contributed by atoms with Crippen LogP contribution in [0.3, 0.4) is 0 Å². The van der Waals surface area contributed by atoms with Gasteiger partial charge in [0, 0.05) is 6.54 Å². The van der Waals surface area contributed by atoms with Crippen LogP contribution in [-0.2, 0) is 4.74 Å². The second kappa shape index (κ2) is 9.78. The fraction of sp³-hybridized carbons (Fsp3) is 0.647. The highest BCUT2D eigenvalue weighted by atomic mass is 16.5. The van der Waals surface area contributed by atoms with Crippen molar-refractivity contribution in [1.82, 2.24) is 5.32 Å². The second-order valence-corrected chi connectivity index (χ2v) is 5.30. The zero-order valence-corrected chi connectivity index (χ0v) is 13.3. The van der Waals surface area contributed by atoms with Crippen molar-refractivity contribution in [1.29, 1.82) is 0 Å². The number of nitrogens with one attached hydrogen (secondary N) is 1. The van der Waals surface area contributed by atoms with Crippen molar-refractivity contribution in [3.63, 3.8) is 0 Å². The topological polar surface area (TPSA) is 30.5 Å². The molecule has 1 N–H and O–H groups in total. The molecule has 0 spiro atoms. The molecular formula is C17H29NO2. The summed E-state index contributed by atoms with van der Waals surface area (Å²) in [6.07, 6.45) is 2.54. The number of hydrogen-bond acceptors (Lipinski definition) is 3. The molecule has 0 fully saturated rings. The minimum atomic E-state index is 0.111. The summed E-state index contributed by atoms with van der Waals surface area (Å²) in [7, 11) is 1.69. The number of hydrogen-bond donors (Lipinski definition) is 1. The molecule has 3 nitrogen and oxygen atoms in total. The minimum Gasteiger partial charge on any atom is -0.497 e. The van der Waals surface area contributed by atoms with E-state index in [9.17, 15) is 0 Å². The summed E-state index contributed by atoms with van der Waals surface area (Å²) in [5, 5.41) is 3.37. The lowest BCUT2D eigenvalue weighted by Crippen LogP contribution is -2.24. The van der Waals surface area contributed by atoms with Gasteiger partial charge in [0.1, 0.15) is 5.75 Å². The molecule has 1 aromatic carbocycles. The van der Waals surface area contributed by atoms with Gasteiger partial charge in [-0.25, -0.2) is 0 Å². The van der Waals surface area contributed by atoms with Gasteiger partial charge in [-0.3, -0.25) is 0 Å². The lowest BCUT2D eigenvalue weighted by atomic mass is 10.1. The average Bonchev–Trinajstić information content (AvgIpc) is 2.48. The minimum absolute atomic E-state index is 0.111. The Morgan fingerprint density at radius 1 is 1.15 bits per heavy atom. The second-order valence-electron chi connectivity index (χ2n) is 5.30. The van der Waals surface area contributed by atoms with E-state index in [0.29, 0.717) is 5.92 Å². The van der Waals surface area contributed by atoms with Gasteiger partial charge in [-0.05, 0) is 36.6 Å². The van der Waals surface area contributed by atoms with Crippen LogP contribution in [0.2, 0.25) is 0 Å². The van der Waals surface area contributed by atoms with Gasteiger partial charge in [-0.15, -0.1) is 0 Å². The highest BCUT2D eigenvalue weighted by molar-refractivity contribution is 5.28. The first kappa shape index (κ1) is 17.0. The van der Waals surface area contributed by atoms with Gasteiger partial charge >= 0.3 is 0 Å². The first-order valence-corrected chi connectivity index (χ1v) is 7.67. The lowest BCUT2D eigenvalue weighted by Gasteiger charge is -2.21. The largest absolute Gasteiger partial charge is 0.497 e. The van der Waals surface area contributed by atoms with Gasteiger partial charge in [-0.2, -0.15) is 0 Å². The molecule has 114 valence electrons. The highest BCUT2D eigenvalue weighted by Gasteiger charge is 2.13. The average molecular weight is 279 g/mol. The molecule has 3 heteroatoms. The molecule has 0 aromatic heterocycles. The van der Waals surface area contributed by atoms with E-state index in [1.165, 1.54) is 18.4 Å². The van der Waals surface area contributed by atoms with Gasteiger partial charge in [0.25, 0.3) is 0 Å². The van der Waals surface area contributed by atoms with E-state index in [1.54, 1.807) is 7.11 Å². The van der Waals surface area contributed by atoms with Crippen LogP contribution in [0.25, 0.3) is 0 Å². The van der Waals surface area contributed by atoms with Crippen LogP contribution in [-0.4, -0.2) is 26.8 Å². The van der Waals surface area contributed by atoms with Crippen LogP contribution in [0, 0.1) is 5.92 Å². The van der Waals surface area contributed by atoms with Gasteiger partial charge in [-0.1, -0.05) is 39.3 Å². The van der Waals surface area contributed by atoms with Crippen molar-refractivity contribution in [2.24, 2.45) is 5.92 Å². The maximum absolute atomic E-state index is 6.11. The molecule has 1 aromatic rings. The Balaban J connectivity index is 2.61. The fourth-order valence-electron chi connectivity index (χ4n) is 2.22. The van der Waals surface area contributed by atoms with Crippen molar-refractivity contribution in [2.45, 2.75) is 39.7 Å². The van der Waals surface area contributed by atoms with Gasteiger partial charge < -0.3 is 14.8 Å². The summed E-state index contributed by atoms with van der Waals surface area (Å²) < 4.78 is 11.3. The molecule has 2 atom stereocenters. The van der Waals surface area contributed by atoms with Crippen LogP contribution in [0.1, 0.15) is 45.3 Å². The van der Waals surface area contributed by atoms with E-state index >= 15 is 0 Å². The third kappa shape index (κ3) is 5.93. The van der Waals surface area contributed by atoms with Gasteiger partial charge in [0.2, 0.25) is 0 Å². The van der Waals surface area contributed by atoms with Crippen molar-refractivity contribution >= 4 is 0 Å². The quantitative estimate of drug-likeness (QED) is 0.706. The normalized spacial score (nSPS) is 14.0. The molecule has 20 heavy (non-hydrogen) atoms. The van der Waals surface area contributed by atoms with Crippen molar-refractivity contribution in [3.05, 3.63) is 29.8 Å². The smallest absolute Gasteiger partial charge is 0.118 e. The molecule has 0 saturated heterocycles. The van der Waals surface area contributed by atoms with Crippen LogP contribution in [0.5, 0.6) is 5.75 Å². The zero-order chi connectivity index (χ0) is 14.8. The first-order chi connectivity index (χ1) is 9.71. The Morgan fingerprint density at radius 2 is 1.85 bits per heavy atom. The molecule has 0 bridgehead atoms. The van der Waals surface area contributed by atoms with Crippen LogP contribution in [0.15, 0.2) is 24.3 Å². The SMILES string of the molecule is CCCC(C)COC(CNCC)c1ccc(OC)cc1. The summed E-state index contributed by atoms with van der Waals surface area (Å²) in [5.74, 6) is 1.50. The molecule has 2 unspecified atom stereocenters. The van der Waals surface area contributed by atoms with E-state index < -0.39 is 0 Å². The molecule has 0 aliphatic rings. The number of methoxy groups -OCH3 is 1. The van der Waals surface area contributed by atoms with E-state index in [1.807, 2.05) is 12.1 Å². The molecule has 0 amide bonds. The monoisotopic (exact) mass is 279 g/mol. The van der Waals surface area contributed by atoms with E-state index in [0.717, 1.165) is 25.4 Å². The Labute approximate surface area is 123 Å². The van der Waals surface area contributed by atoms with Crippen LogP contribution < -0.4 is 10.1 Å². The maximum Gasteiger partial charge on any atom is 0.118 e. The maximum atomic E-state index is 6.11. The third-order valence-corrected chi connectivity index (χ3v) is 3.43. The number of rotatable bonds is 10. The van der Waals surface area contributed by atoms with Crippen LogP contribution in [0.4, 0.5) is 0 Å². The van der Waals surface area contributed by atoms with Gasteiger partial charge in [0.05, 0.1) is 19.8 Å². The summed E-state index contributed by atoms with van der Waals surface area (Å²) in [6, 6.07) is 8.16. The molecule has 0 aliphatic heterocycles. The molecule has 0 saturated carbocycles. The Hall–Kier alpha value is -1.06. The molecule has 0 radical (unpaired) electrons. The van der Waals surface area contributed by atoms with Crippen LogP contribution >= 0.6 is 0 Å². The Bertz CT molecular complexity index is 351. The molecule has 0 aliphatic carbocycles. The standard InChI is InChI=1S/C17H29NO2/c1-5-7-14(3)13-20-17(12-18-6-2)15-8-10-16(19-4)11-9-15/h8-11,14,17-18H,5-7,12-13H2,1-4H3. The Kier molecular flexibility index (Phi) is 8.31. The van der Waals surface area contributed by atoms with Gasteiger partial charge in [0.15, 0.2) is 0 Å². The highest BCUT2D eigenvalue weighted by Crippen LogP contribution is 2.21. The summed E-state index contributed by atoms with van der Waals surface area (Å²) >= 11 is 0. The number of likely N-dealkylation sites (N-methyl/N-ethyl adjacent to an activating group) is 1.